The number of hydrogen-bond donors (Lipinski definition) is 1. The summed E-state index contributed by atoms with van der Waals surface area (Å²) in [6, 6.07) is 0.238. The minimum absolute atomic E-state index is 0.238. The van der Waals surface area contributed by atoms with Crippen LogP contribution in [0.15, 0.2) is 12.2 Å². The van der Waals surface area contributed by atoms with Gasteiger partial charge in [-0.1, -0.05) is 25.0 Å². The highest BCUT2D eigenvalue weighted by Gasteiger charge is 2.31. The Bertz CT molecular complexity index is 451. The van der Waals surface area contributed by atoms with Crippen molar-refractivity contribution >= 4 is 6.09 Å². The van der Waals surface area contributed by atoms with Crippen LogP contribution in [0.3, 0.4) is 0 Å². The molecule has 1 saturated heterocycles. The van der Waals surface area contributed by atoms with Crippen LogP contribution in [-0.4, -0.2) is 55.0 Å². The molecule has 26 heavy (non-hydrogen) atoms. The Labute approximate surface area is 159 Å². The van der Waals surface area contributed by atoms with Gasteiger partial charge in [0.25, 0.3) is 0 Å². The number of hydrogen-bond acceptors (Lipinski definition) is 4. The Morgan fingerprint density at radius 1 is 1.15 bits per heavy atom. The predicted molar refractivity (Wildman–Crippen MR) is 105 cm³/mol. The van der Waals surface area contributed by atoms with Gasteiger partial charge >= 0.3 is 6.09 Å². The maximum absolute atomic E-state index is 12.2. The quantitative estimate of drug-likeness (QED) is 0.718. The van der Waals surface area contributed by atoms with Crippen molar-refractivity contribution in [3.05, 3.63) is 12.2 Å². The summed E-state index contributed by atoms with van der Waals surface area (Å²) in [4.78, 5) is 14.7. The van der Waals surface area contributed by atoms with Gasteiger partial charge in [-0.15, -0.1) is 0 Å². The Kier molecular flexibility index (Phi) is 8.42. The number of likely N-dealkylation sites (tertiary alicyclic amines) is 1. The van der Waals surface area contributed by atoms with E-state index in [0.717, 1.165) is 45.5 Å². The van der Waals surface area contributed by atoms with E-state index in [0.29, 0.717) is 12.0 Å². The zero-order valence-electron chi connectivity index (χ0n) is 17.1. The van der Waals surface area contributed by atoms with Crippen molar-refractivity contribution in [1.29, 1.82) is 0 Å². The highest BCUT2D eigenvalue weighted by Crippen LogP contribution is 2.27. The molecule has 1 saturated carbocycles. The number of nitrogens with one attached hydrogen (secondary N) is 1. The highest BCUT2D eigenvalue weighted by atomic mass is 16.6. The average molecular weight is 367 g/mol. The van der Waals surface area contributed by atoms with Gasteiger partial charge in [-0.3, -0.25) is 0 Å². The van der Waals surface area contributed by atoms with Crippen LogP contribution < -0.4 is 5.32 Å². The lowest BCUT2D eigenvalue weighted by Crippen LogP contribution is -2.49. The maximum Gasteiger partial charge on any atom is 0.407 e. The van der Waals surface area contributed by atoms with Gasteiger partial charge in [-0.2, -0.15) is 0 Å². The first-order valence-electron chi connectivity index (χ1n) is 10.3. The van der Waals surface area contributed by atoms with Crippen LogP contribution in [0.2, 0.25) is 0 Å². The molecule has 2 rings (SSSR count). The molecule has 1 aliphatic heterocycles. The van der Waals surface area contributed by atoms with Crippen LogP contribution in [0.1, 0.15) is 66.2 Å². The molecule has 0 bridgehead atoms. The van der Waals surface area contributed by atoms with Crippen LogP contribution in [0.25, 0.3) is 0 Å². The molecule has 0 aromatic rings. The molecule has 1 amide bonds. The van der Waals surface area contributed by atoms with Crippen LogP contribution in [0.4, 0.5) is 4.79 Å². The number of nitrogens with zero attached hydrogens (tertiary/aromatic N) is 1. The number of alkyl carbamates (subject to hydrolysis) is 1. The molecule has 0 unspecified atom stereocenters. The third-order valence-corrected chi connectivity index (χ3v) is 5.30. The molecule has 1 heterocycles. The summed E-state index contributed by atoms with van der Waals surface area (Å²) in [5.74, 6) is 0.525. The van der Waals surface area contributed by atoms with Crippen LogP contribution in [-0.2, 0) is 9.47 Å². The second-order valence-electron chi connectivity index (χ2n) is 8.70. The van der Waals surface area contributed by atoms with Gasteiger partial charge in [-0.05, 0) is 59.3 Å². The van der Waals surface area contributed by atoms with E-state index in [-0.39, 0.29) is 12.1 Å². The molecule has 2 atom stereocenters. The number of rotatable bonds is 6. The summed E-state index contributed by atoms with van der Waals surface area (Å²) in [7, 11) is 0. The molecule has 0 aromatic heterocycles. The summed E-state index contributed by atoms with van der Waals surface area (Å²) in [6.07, 6.45) is 11.2. The third kappa shape index (κ3) is 7.67. The number of amides is 1. The maximum atomic E-state index is 12.2. The molecule has 1 N–H and O–H groups in total. The fourth-order valence-electron chi connectivity index (χ4n) is 3.95. The molecule has 2 fully saturated rings. The van der Waals surface area contributed by atoms with Crippen molar-refractivity contribution in [2.45, 2.75) is 84.0 Å². The van der Waals surface area contributed by atoms with Crippen LogP contribution in [0.5, 0.6) is 0 Å². The van der Waals surface area contributed by atoms with Crippen molar-refractivity contribution in [2.75, 3.05) is 26.2 Å². The van der Waals surface area contributed by atoms with Gasteiger partial charge in [0.15, 0.2) is 0 Å². The van der Waals surface area contributed by atoms with Crippen molar-refractivity contribution in [3.63, 3.8) is 0 Å². The topological polar surface area (TPSA) is 50.8 Å². The summed E-state index contributed by atoms with van der Waals surface area (Å²) in [5.41, 5.74) is -0.441. The highest BCUT2D eigenvalue weighted by molar-refractivity contribution is 5.68. The number of carbonyl (C=O) groups excluding carboxylic acids is 1. The largest absolute Gasteiger partial charge is 0.444 e. The van der Waals surface area contributed by atoms with Crippen molar-refractivity contribution < 1.29 is 14.3 Å². The smallest absolute Gasteiger partial charge is 0.407 e. The van der Waals surface area contributed by atoms with E-state index < -0.39 is 5.60 Å². The molecular formula is C21H38N2O3. The van der Waals surface area contributed by atoms with E-state index in [4.69, 9.17) is 9.47 Å². The minimum Gasteiger partial charge on any atom is -0.444 e. The van der Waals surface area contributed by atoms with Gasteiger partial charge < -0.3 is 19.7 Å². The third-order valence-electron chi connectivity index (χ3n) is 5.30. The van der Waals surface area contributed by atoms with E-state index in [1.165, 1.54) is 19.3 Å². The van der Waals surface area contributed by atoms with Crippen molar-refractivity contribution in [3.8, 4) is 0 Å². The van der Waals surface area contributed by atoms with E-state index >= 15 is 0 Å². The molecule has 0 radical (unpaired) electrons. The molecule has 0 spiro atoms. The van der Waals surface area contributed by atoms with Gasteiger partial charge in [-0.25, -0.2) is 4.79 Å². The Morgan fingerprint density at radius 2 is 1.85 bits per heavy atom. The lowest BCUT2D eigenvalue weighted by Gasteiger charge is -2.38. The van der Waals surface area contributed by atoms with Gasteiger partial charge in [0.05, 0.1) is 12.7 Å². The van der Waals surface area contributed by atoms with E-state index in [1.807, 2.05) is 33.8 Å². The SMILES string of the molecule is C/C=C/COC1CCN(C[C@@H]2CCCC[C@H]2NC(=O)OC(C)(C)C)CC1. The van der Waals surface area contributed by atoms with E-state index in [9.17, 15) is 4.79 Å². The fraction of sp³-hybridized carbons (Fsp3) is 0.857. The first kappa shape index (κ1) is 21.2. The van der Waals surface area contributed by atoms with Crippen LogP contribution in [0, 0.1) is 5.92 Å². The monoisotopic (exact) mass is 366 g/mol. The molecule has 2 aliphatic rings. The molecular weight excluding hydrogens is 328 g/mol. The number of allylic oxidation sites excluding steroid dienone is 1. The molecule has 5 nitrogen and oxygen atoms in total. The Hall–Kier alpha value is -1.07. The van der Waals surface area contributed by atoms with Crippen molar-refractivity contribution in [1.82, 2.24) is 10.2 Å². The Balaban J connectivity index is 1.77. The molecule has 150 valence electrons. The second kappa shape index (κ2) is 10.3. The average Bonchev–Trinajstić information content (AvgIpc) is 2.57. The second-order valence-corrected chi connectivity index (χ2v) is 8.70. The molecule has 1 aliphatic carbocycles. The first-order valence-corrected chi connectivity index (χ1v) is 10.3. The first-order chi connectivity index (χ1) is 12.4. The number of carbonyl (C=O) groups is 1. The van der Waals surface area contributed by atoms with Gasteiger partial charge in [0.1, 0.15) is 5.60 Å². The molecule has 5 heteroatoms. The fourth-order valence-corrected chi connectivity index (χ4v) is 3.95. The van der Waals surface area contributed by atoms with Crippen molar-refractivity contribution in [2.24, 2.45) is 5.92 Å². The zero-order chi connectivity index (χ0) is 19.0. The Morgan fingerprint density at radius 3 is 2.50 bits per heavy atom. The van der Waals surface area contributed by atoms with Crippen LogP contribution >= 0.6 is 0 Å². The number of piperidine rings is 1. The standard InChI is InChI=1S/C21H38N2O3/c1-5-6-15-25-18-11-13-23(14-12-18)16-17-9-7-8-10-19(17)22-20(24)26-21(2,3)4/h5-6,17-19H,7-16H2,1-4H3,(H,22,24)/b6-5+/t17-,19+/m0/s1. The predicted octanol–water partition coefficient (Wildman–Crippen LogP) is 4.13. The van der Waals surface area contributed by atoms with E-state index in [2.05, 4.69) is 16.3 Å². The zero-order valence-corrected chi connectivity index (χ0v) is 17.1. The summed E-state index contributed by atoms with van der Waals surface area (Å²) >= 11 is 0. The lowest BCUT2D eigenvalue weighted by atomic mass is 9.84. The van der Waals surface area contributed by atoms with Gasteiger partial charge in [0.2, 0.25) is 0 Å². The van der Waals surface area contributed by atoms with Gasteiger partial charge in [0, 0.05) is 25.7 Å². The van der Waals surface area contributed by atoms with E-state index in [1.54, 1.807) is 0 Å². The minimum atomic E-state index is -0.441. The normalized spacial score (nSPS) is 26.2. The summed E-state index contributed by atoms with van der Waals surface area (Å²) in [6.45, 7) is 11.7. The number of ether oxygens (including phenoxy) is 2. The summed E-state index contributed by atoms with van der Waals surface area (Å²) < 4.78 is 11.3. The summed E-state index contributed by atoms with van der Waals surface area (Å²) in [5, 5.41) is 3.14. The lowest BCUT2D eigenvalue weighted by molar-refractivity contribution is 0.0142. The molecule has 0 aromatic carbocycles.